The molecule has 1 unspecified atom stereocenters. The van der Waals surface area contributed by atoms with E-state index in [-0.39, 0.29) is 0 Å². The van der Waals surface area contributed by atoms with Crippen LogP contribution in [-0.4, -0.2) is 55.0 Å². The van der Waals surface area contributed by atoms with Gasteiger partial charge in [0.1, 0.15) is 11.1 Å². The SMILES string of the molecule is CCOCCC1(C(=O)OC)CCCN1C(=O)OC(C)(C)C. The van der Waals surface area contributed by atoms with Crippen LogP contribution in [0.5, 0.6) is 0 Å². The molecular weight excluding hydrogens is 274 g/mol. The minimum absolute atomic E-state index is 0.398. The van der Waals surface area contributed by atoms with Crippen molar-refractivity contribution < 1.29 is 23.8 Å². The van der Waals surface area contributed by atoms with Crippen molar-refractivity contribution in [2.45, 2.75) is 58.1 Å². The van der Waals surface area contributed by atoms with Crippen molar-refractivity contribution in [1.29, 1.82) is 0 Å². The van der Waals surface area contributed by atoms with Gasteiger partial charge in [0.2, 0.25) is 0 Å². The number of hydrogen-bond acceptors (Lipinski definition) is 5. The van der Waals surface area contributed by atoms with Crippen molar-refractivity contribution in [3.8, 4) is 0 Å². The molecule has 0 N–H and O–H groups in total. The molecular formula is C15H27NO5. The molecule has 1 heterocycles. The molecule has 1 atom stereocenters. The summed E-state index contributed by atoms with van der Waals surface area (Å²) in [6, 6.07) is 0. The number of amides is 1. The molecule has 6 nitrogen and oxygen atoms in total. The van der Waals surface area contributed by atoms with Gasteiger partial charge in [0.15, 0.2) is 0 Å². The summed E-state index contributed by atoms with van der Waals surface area (Å²) >= 11 is 0. The Morgan fingerprint density at radius 3 is 2.48 bits per heavy atom. The number of hydrogen-bond donors (Lipinski definition) is 0. The number of carbonyl (C=O) groups excluding carboxylic acids is 2. The second kappa shape index (κ2) is 7.11. The zero-order valence-electron chi connectivity index (χ0n) is 13.7. The van der Waals surface area contributed by atoms with Crippen molar-refractivity contribution in [3.63, 3.8) is 0 Å². The summed E-state index contributed by atoms with van der Waals surface area (Å²) in [4.78, 5) is 26.2. The molecule has 0 spiro atoms. The highest BCUT2D eigenvalue weighted by Gasteiger charge is 2.51. The zero-order valence-corrected chi connectivity index (χ0v) is 13.7. The lowest BCUT2D eigenvalue weighted by molar-refractivity contribution is -0.154. The summed E-state index contributed by atoms with van der Waals surface area (Å²) in [7, 11) is 1.34. The molecule has 1 saturated heterocycles. The molecule has 0 aromatic heterocycles. The lowest BCUT2D eigenvalue weighted by Crippen LogP contribution is -2.55. The summed E-state index contributed by atoms with van der Waals surface area (Å²) in [5.74, 6) is -0.398. The van der Waals surface area contributed by atoms with Gasteiger partial charge < -0.3 is 14.2 Å². The Labute approximate surface area is 126 Å². The Morgan fingerprint density at radius 1 is 1.29 bits per heavy atom. The third kappa shape index (κ3) is 4.33. The lowest BCUT2D eigenvalue weighted by Gasteiger charge is -2.36. The second-order valence-electron chi connectivity index (χ2n) is 6.21. The summed E-state index contributed by atoms with van der Waals surface area (Å²) in [5, 5.41) is 0. The van der Waals surface area contributed by atoms with E-state index in [0.717, 1.165) is 6.42 Å². The fraction of sp³-hybridized carbons (Fsp3) is 0.867. The molecule has 1 aliphatic rings. The summed E-state index contributed by atoms with van der Waals surface area (Å²) in [6.45, 7) is 8.79. The van der Waals surface area contributed by atoms with E-state index in [9.17, 15) is 9.59 Å². The molecule has 0 aliphatic carbocycles. The number of nitrogens with zero attached hydrogens (tertiary/aromatic N) is 1. The quantitative estimate of drug-likeness (QED) is 0.576. The Bertz CT molecular complexity index is 377. The maximum atomic E-state index is 12.4. The highest BCUT2D eigenvalue weighted by Crippen LogP contribution is 2.35. The number of ether oxygens (including phenoxy) is 3. The average molecular weight is 301 g/mol. The molecule has 0 saturated carbocycles. The largest absolute Gasteiger partial charge is 0.467 e. The minimum Gasteiger partial charge on any atom is -0.467 e. The molecule has 1 amide bonds. The monoisotopic (exact) mass is 301 g/mol. The van der Waals surface area contributed by atoms with E-state index in [1.165, 1.54) is 12.0 Å². The van der Waals surface area contributed by atoms with Gasteiger partial charge in [-0.1, -0.05) is 0 Å². The first-order chi connectivity index (χ1) is 9.77. The van der Waals surface area contributed by atoms with Crippen molar-refractivity contribution in [1.82, 2.24) is 4.90 Å². The lowest BCUT2D eigenvalue weighted by atomic mass is 9.92. The van der Waals surface area contributed by atoms with Crippen molar-refractivity contribution in [3.05, 3.63) is 0 Å². The van der Waals surface area contributed by atoms with Crippen LogP contribution in [0.25, 0.3) is 0 Å². The third-order valence-electron chi connectivity index (χ3n) is 3.53. The Balaban J connectivity index is 2.93. The van der Waals surface area contributed by atoms with E-state index < -0.39 is 23.2 Å². The Morgan fingerprint density at radius 2 is 1.95 bits per heavy atom. The van der Waals surface area contributed by atoms with Crippen LogP contribution in [0, 0.1) is 0 Å². The van der Waals surface area contributed by atoms with E-state index in [0.29, 0.717) is 32.6 Å². The number of likely N-dealkylation sites (tertiary alicyclic amines) is 1. The molecule has 21 heavy (non-hydrogen) atoms. The molecule has 0 aromatic carbocycles. The molecule has 1 rings (SSSR count). The fourth-order valence-electron chi connectivity index (χ4n) is 2.61. The topological polar surface area (TPSA) is 65.1 Å². The van der Waals surface area contributed by atoms with Gasteiger partial charge in [-0.15, -0.1) is 0 Å². The summed E-state index contributed by atoms with van der Waals surface area (Å²) < 4.78 is 15.7. The summed E-state index contributed by atoms with van der Waals surface area (Å²) in [5.41, 5.74) is -1.56. The van der Waals surface area contributed by atoms with Crippen molar-refractivity contribution in [2.75, 3.05) is 26.9 Å². The predicted octanol–water partition coefficient (Wildman–Crippen LogP) is 2.36. The predicted molar refractivity (Wildman–Crippen MR) is 78.0 cm³/mol. The number of rotatable bonds is 5. The first-order valence-electron chi connectivity index (χ1n) is 7.43. The summed E-state index contributed by atoms with van der Waals surface area (Å²) in [6.07, 6.45) is 1.28. The Kier molecular flexibility index (Phi) is 6.01. The van der Waals surface area contributed by atoms with Crippen LogP contribution >= 0.6 is 0 Å². The van der Waals surface area contributed by atoms with E-state index in [2.05, 4.69) is 0 Å². The Hall–Kier alpha value is -1.30. The molecule has 1 aliphatic heterocycles. The van der Waals surface area contributed by atoms with E-state index in [4.69, 9.17) is 14.2 Å². The van der Waals surface area contributed by atoms with Crippen LogP contribution in [0.3, 0.4) is 0 Å². The van der Waals surface area contributed by atoms with Crippen molar-refractivity contribution in [2.24, 2.45) is 0 Å². The first kappa shape index (κ1) is 17.8. The highest BCUT2D eigenvalue weighted by molar-refractivity contribution is 5.86. The fourth-order valence-corrected chi connectivity index (χ4v) is 2.61. The van der Waals surface area contributed by atoms with E-state index in [1.54, 1.807) is 20.8 Å². The molecule has 122 valence electrons. The standard InChI is InChI=1S/C15H27NO5/c1-6-20-11-9-15(12(17)19-5)8-7-10-16(15)13(18)21-14(2,3)4/h6-11H2,1-5H3. The maximum absolute atomic E-state index is 12.4. The molecule has 0 bridgehead atoms. The van der Waals surface area contributed by atoms with Gasteiger partial charge in [-0.2, -0.15) is 0 Å². The molecule has 0 aromatic rings. The smallest absolute Gasteiger partial charge is 0.411 e. The zero-order chi connectivity index (χ0) is 16.1. The first-order valence-corrected chi connectivity index (χ1v) is 7.43. The van der Waals surface area contributed by atoms with Gasteiger partial charge in [-0.25, -0.2) is 9.59 Å². The van der Waals surface area contributed by atoms with Crippen LogP contribution in [0.1, 0.15) is 47.0 Å². The van der Waals surface area contributed by atoms with Gasteiger partial charge in [0, 0.05) is 26.2 Å². The third-order valence-corrected chi connectivity index (χ3v) is 3.53. The number of methoxy groups -OCH3 is 1. The molecule has 0 radical (unpaired) electrons. The van der Waals surface area contributed by atoms with Crippen LogP contribution in [-0.2, 0) is 19.0 Å². The second-order valence-corrected chi connectivity index (χ2v) is 6.21. The van der Waals surface area contributed by atoms with Gasteiger partial charge in [-0.05, 0) is 40.5 Å². The highest BCUT2D eigenvalue weighted by atomic mass is 16.6. The van der Waals surface area contributed by atoms with Crippen LogP contribution in [0.4, 0.5) is 4.79 Å². The maximum Gasteiger partial charge on any atom is 0.411 e. The van der Waals surface area contributed by atoms with E-state index in [1.807, 2.05) is 6.92 Å². The minimum atomic E-state index is -0.966. The van der Waals surface area contributed by atoms with Crippen LogP contribution < -0.4 is 0 Å². The average Bonchev–Trinajstić information content (AvgIpc) is 2.81. The van der Waals surface area contributed by atoms with Gasteiger partial charge in [0.25, 0.3) is 0 Å². The van der Waals surface area contributed by atoms with Crippen LogP contribution in [0.15, 0.2) is 0 Å². The number of carbonyl (C=O) groups is 2. The molecule has 1 fully saturated rings. The number of esters is 1. The normalized spacial score (nSPS) is 22.2. The molecule has 6 heteroatoms. The van der Waals surface area contributed by atoms with Crippen LogP contribution in [0.2, 0.25) is 0 Å². The van der Waals surface area contributed by atoms with Gasteiger partial charge in [-0.3, -0.25) is 4.90 Å². The van der Waals surface area contributed by atoms with Crippen molar-refractivity contribution >= 4 is 12.1 Å². The van der Waals surface area contributed by atoms with Gasteiger partial charge >= 0.3 is 12.1 Å². The van der Waals surface area contributed by atoms with Gasteiger partial charge in [0.05, 0.1) is 7.11 Å². The van der Waals surface area contributed by atoms with E-state index >= 15 is 0 Å².